The molecule has 0 aliphatic heterocycles. The van der Waals surface area contributed by atoms with Crippen LogP contribution in [0, 0.1) is 0 Å². The fourth-order valence-corrected chi connectivity index (χ4v) is 2.11. The highest BCUT2D eigenvalue weighted by Crippen LogP contribution is 2.29. The zero-order valence-electron chi connectivity index (χ0n) is 13.3. The average Bonchev–Trinajstić information content (AvgIpc) is 2.56. The second-order valence-electron chi connectivity index (χ2n) is 5.04. The third kappa shape index (κ3) is 5.17. The van der Waals surface area contributed by atoms with Crippen LogP contribution in [-0.4, -0.2) is 25.5 Å². The summed E-state index contributed by atoms with van der Waals surface area (Å²) in [6.07, 6.45) is 0.108. The van der Waals surface area contributed by atoms with E-state index >= 15 is 0 Å². The van der Waals surface area contributed by atoms with Crippen LogP contribution >= 0.6 is 0 Å². The topological polar surface area (TPSA) is 90.6 Å². The van der Waals surface area contributed by atoms with Crippen molar-refractivity contribution in [1.82, 2.24) is 0 Å². The first-order valence-electron chi connectivity index (χ1n) is 7.20. The maximum atomic E-state index is 12.3. The van der Waals surface area contributed by atoms with E-state index in [2.05, 4.69) is 10.1 Å². The molecule has 2 rings (SSSR count). The van der Waals surface area contributed by atoms with Crippen molar-refractivity contribution >= 4 is 17.5 Å². The normalized spacial score (nSPS) is 10.4. The van der Waals surface area contributed by atoms with Crippen LogP contribution in [0.25, 0.3) is 0 Å². The van der Waals surface area contributed by atoms with E-state index in [0.29, 0.717) is 5.69 Å². The lowest BCUT2D eigenvalue weighted by atomic mass is 10.1. The van der Waals surface area contributed by atoms with Gasteiger partial charge in [0.2, 0.25) is 5.91 Å². The molecule has 0 radical (unpaired) electrons. The molecule has 0 saturated carbocycles. The minimum Gasteiger partial charge on any atom is -0.493 e. The third-order valence-electron chi connectivity index (χ3n) is 3.23. The number of carbonyl (C=O) groups is 2. The van der Waals surface area contributed by atoms with Crippen molar-refractivity contribution < 1.29 is 27.8 Å². The number of rotatable bonds is 7. The van der Waals surface area contributed by atoms with Gasteiger partial charge in [-0.2, -0.15) is 8.78 Å². The van der Waals surface area contributed by atoms with Crippen LogP contribution in [0.15, 0.2) is 42.5 Å². The number of hydrogen-bond acceptors (Lipinski definition) is 4. The van der Waals surface area contributed by atoms with Gasteiger partial charge in [0.15, 0.2) is 11.5 Å². The fraction of sp³-hybridized carbons (Fsp3) is 0.176. The predicted molar refractivity (Wildman–Crippen MR) is 86.9 cm³/mol. The number of nitrogens with two attached hydrogens (primary N) is 1. The van der Waals surface area contributed by atoms with Gasteiger partial charge in [0.25, 0.3) is 5.91 Å². The fourth-order valence-electron chi connectivity index (χ4n) is 2.11. The molecule has 0 aliphatic carbocycles. The number of hydrogen-bond donors (Lipinski definition) is 2. The largest absolute Gasteiger partial charge is 0.493 e. The first kappa shape index (κ1) is 18.2. The van der Waals surface area contributed by atoms with Gasteiger partial charge in [-0.1, -0.05) is 12.1 Å². The van der Waals surface area contributed by atoms with Gasteiger partial charge in [-0.3, -0.25) is 9.59 Å². The Labute approximate surface area is 142 Å². The van der Waals surface area contributed by atoms with E-state index < -0.39 is 18.4 Å². The summed E-state index contributed by atoms with van der Waals surface area (Å²) in [7, 11) is 1.28. The first-order chi connectivity index (χ1) is 11.9. The van der Waals surface area contributed by atoms with Crippen molar-refractivity contribution in [3.8, 4) is 11.5 Å². The Hall–Kier alpha value is -3.16. The van der Waals surface area contributed by atoms with E-state index in [1.807, 2.05) is 0 Å². The maximum absolute atomic E-state index is 12.3. The number of amides is 2. The predicted octanol–water partition coefficient (Wildman–Crippen LogP) is 2.58. The summed E-state index contributed by atoms with van der Waals surface area (Å²) in [5.41, 5.74) is 6.55. The Bertz CT molecular complexity index is 764. The van der Waals surface area contributed by atoms with Crippen LogP contribution in [0.2, 0.25) is 0 Å². The monoisotopic (exact) mass is 350 g/mol. The number of carbonyl (C=O) groups excluding carboxylic acids is 2. The number of ether oxygens (including phenoxy) is 2. The summed E-state index contributed by atoms with van der Waals surface area (Å²) < 4.78 is 33.9. The van der Waals surface area contributed by atoms with Gasteiger partial charge in [-0.25, -0.2) is 0 Å². The quantitative estimate of drug-likeness (QED) is 0.803. The van der Waals surface area contributed by atoms with Crippen LogP contribution in [0.1, 0.15) is 15.9 Å². The Morgan fingerprint density at radius 1 is 1.12 bits per heavy atom. The highest BCUT2D eigenvalue weighted by Gasteiger charge is 2.14. The molecule has 0 saturated heterocycles. The lowest BCUT2D eigenvalue weighted by Crippen LogP contribution is -2.14. The zero-order chi connectivity index (χ0) is 18.4. The molecule has 0 aliphatic rings. The molecule has 0 spiro atoms. The van der Waals surface area contributed by atoms with Crippen LogP contribution in [0.4, 0.5) is 14.5 Å². The molecule has 0 heterocycles. The van der Waals surface area contributed by atoms with E-state index in [9.17, 15) is 18.4 Å². The Balaban J connectivity index is 2.11. The molecule has 25 heavy (non-hydrogen) atoms. The summed E-state index contributed by atoms with van der Waals surface area (Å²) >= 11 is 0. The summed E-state index contributed by atoms with van der Waals surface area (Å²) in [6.45, 7) is -2.99. The van der Waals surface area contributed by atoms with Crippen LogP contribution in [0.5, 0.6) is 11.5 Å². The summed E-state index contributed by atoms with van der Waals surface area (Å²) in [5, 5.41) is 2.65. The second-order valence-corrected chi connectivity index (χ2v) is 5.04. The molecule has 3 N–H and O–H groups in total. The molecule has 6 nitrogen and oxygen atoms in total. The van der Waals surface area contributed by atoms with Gasteiger partial charge in [0, 0.05) is 11.3 Å². The van der Waals surface area contributed by atoms with Gasteiger partial charge < -0.3 is 20.5 Å². The average molecular weight is 350 g/mol. The smallest absolute Gasteiger partial charge is 0.387 e. The number of anilines is 1. The highest BCUT2D eigenvalue weighted by atomic mass is 19.3. The van der Waals surface area contributed by atoms with Crippen molar-refractivity contribution in [1.29, 1.82) is 0 Å². The molecule has 0 unspecified atom stereocenters. The van der Waals surface area contributed by atoms with Gasteiger partial charge in [0.05, 0.1) is 13.5 Å². The summed E-state index contributed by atoms with van der Waals surface area (Å²) in [4.78, 5) is 23.1. The number of primary amides is 1. The number of alkyl halides is 2. The van der Waals surface area contributed by atoms with E-state index in [1.165, 1.54) is 25.3 Å². The van der Waals surface area contributed by atoms with Gasteiger partial charge in [0.1, 0.15) is 0 Å². The van der Waals surface area contributed by atoms with Crippen molar-refractivity contribution in [2.24, 2.45) is 5.73 Å². The molecular weight excluding hydrogens is 334 g/mol. The molecule has 0 aromatic heterocycles. The third-order valence-corrected chi connectivity index (χ3v) is 3.23. The highest BCUT2D eigenvalue weighted by molar-refractivity contribution is 6.04. The summed E-state index contributed by atoms with van der Waals surface area (Å²) in [5.74, 6) is -1.05. The van der Waals surface area contributed by atoms with Gasteiger partial charge >= 0.3 is 6.61 Å². The molecule has 2 aromatic rings. The van der Waals surface area contributed by atoms with Crippen LogP contribution < -0.4 is 20.5 Å². The van der Waals surface area contributed by atoms with Gasteiger partial charge in [-0.05, 0) is 35.9 Å². The zero-order valence-corrected chi connectivity index (χ0v) is 13.3. The Morgan fingerprint density at radius 3 is 2.36 bits per heavy atom. The molecule has 2 aromatic carbocycles. The molecule has 0 bridgehead atoms. The molecule has 8 heteroatoms. The van der Waals surface area contributed by atoms with Crippen molar-refractivity contribution in [2.75, 3.05) is 12.4 Å². The Kier molecular flexibility index (Phi) is 5.89. The lowest BCUT2D eigenvalue weighted by molar-refractivity contribution is -0.117. The van der Waals surface area contributed by atoms with Crippen LogP contribution in [-0.2, 0) is 11.2 Å². The van der Waals surface area contributed by atoms with Crippen LogP contribution in [0.3, 0.4) is 0 Å². The van der Waals surface area contributed by atoms with E-state index in [1.54, 1.807) is 24.3 Å². The standard InChI is InChI=1S/C17H16F2N2O4/c1-24-14-9-11(4-7-13(14)25-17(18)19)16(23)21-12-5-2-10(3-6-12)8-15(20)22/h2-7,9,17H,8H2,1H3,(H2,20,22)(H,21,23). The number of benzene rings is 2. The number of nitrogens with one attached hydrogen (secondary N) is 1. The lowest BCUT2D eigenvalue weighted by Gasteiger charge is -2.11. The van der Waals surface area contributed by atoms with Gasteiger partial charge in [-0.15, -0.1) is 0 Å². The SMILES string of the molecule is COc1cc(C(=O)Nc2ccc(CC(N)=O)cc2)ccc1OC(F)F. The van der Waals surface area contributed by atoms with Crippen molar-refractivity contribution in [2.45, 2.75) is 13.0 Å². The number of methoxy groups -OCH3 is 1. The maximum Gasteiger partial charge on any atom is 0.387 e. The van der Waals surface area contributed by atoms with Crippen molar-refractivity contribution in [3.63, 3.8) is 0 Å². The Morgan fingerprint density at radius 2 is 1.80 bits per heavy atom. The minimum absolute atomic E-state index is 0.0183. The second kappa shape index (κ2) is 8.09. The van der Waals surface area contributed by atoms with E-state index in [-0.39, 0.29) is 23.5 Å². The molecule has 0 atom stereocenters. The molecule has 132 valence electrons. The van der Waals surface area contributed by atoms with E-state index in [0.717, 1.165) is 5.56 Å². The number of halogens is 2. The molecular formula is C17H16F2N2O4. The minimum atomic E-state index is -2.99. The van der Waals surface area contributed by atoms with E-state index in [4.69, 9.17) is 10.5 Å². The molecule has 0 fully saturated rings. The molecule has 2 amide bonds. The first-order valence-corrected chi connectivity index (χ1v) is 7.20. The van der Waals surface area contributed by atoms with Crippen molar-refractivity contribution in [3.05, 3.63) is 53.6 Å². The summed E-state index contributed by atoms with van der Waals surface area (Å²) in [6, 6.07) is 10.5.